The number of nitrogens with two attached hydrogens (primary N) is 1. The van der Waals surface area contributed by atoms with E-state index in [2.05, 4.69) is 9.47 Å². The van der Waals surface area contributed by atoms with Crippen LogP contribution in [0.2, 0.25) is 0 Å². The van der Waals surface area contributed by atoms with Gasteiger partial charge in [0.05, 0.1) is 27.3 Å². The fourth-order valence-corrected chi connectivity index (χ4v) is 2.03. The maximum Gasteiger partial charge on any atom is 0.319 e. The second-order valence-corrected chi connectivity index (χ2v) is 4.67. The first kappa shape index (κ1) is 17.1. The molecule has 6 heteroatoms. The molecule has 2 N–H and O–H groups in total. The highest BCUT2D eigenvalue weighted by Crippen LogP contribution is 2.15. The Balaban J connectivity index is 2.77. The third-order valence-corrected chi connectivity index (χ3v) is 3.19. The van der Waals surface area contributed by atoms with E-state index in [0.717, 1.165) is 5.56 Å². The Morgan fingerprint density at radius 1 is 1.10 bits per heavy atom. The number of nitrogens with zero attached hydrogens (tertiary/aromatic N) is 1. The maximum absolute atomic E-state index is 11.5. The van der Waals surface area contributed by atoms with Gasteiger partial charge in [-0.25, -0.2) is 0 Å². The molecule has 116 valence electrons. The number of rotatable bonds is 8. The number of benzene rings is 1. The first-order chi connectivity index (χ1) is 10.1. The van der Waals surface area contributed by atoms with Crippen molar-refractivity contribution >= 4 is 11.9 Å². The minimum Gasteiger partial charge on any atom is -0.468 e. The molecule has 0 fully saturated rings. The van der Waals surface area contributed by atoms with Gasteiger partial charge in [0.2, 0.25) is 0 Å². The number of methoxy groups -OCH3 is 2. The van der Waals surface area contributed by atoms with Gasteiger partial charge < -0.3 is 15.2 Å². The molecule has 0 heterocycles. The van der Waals surface area contributed by atoms with Crippen molar-refractivity contribution in [2.75, 3.05) is 40.4 Å². The van der Waals surface area contributed by atoms with Crippen LogP contribution in [0.15, 0.2) is 30.3 Å². The van der Waals surface area contributed by atoms with Crippen LogP contribution >= 0.6 is 0 Å². The molecule has 0 amide bonds. The smallest absolute Gasteiger partial charge is 0.319 e. The van der Waals surface area contributed by atoms with Gasteiger partial charge in [-0.2, -0.15) is 0 Å². The van der Waals surface area contributed by atoms with E-state index in [1.165, 1.54) is 14.2 Å². The fourth-order valence-electron chi connectivity index (χ4n) is 2.03. The predicted octanol–water partition coefficient (Wildman–Crippen LogP) is 0.377. The summed E-state index contributed by atoms with van der Waals surface area (Å²) in [4.78, 5) is 24.6. The zero-order valence-electron chi connectivity index (χ0n) is 12.5. The summed E-state index contributed by atoms with van der Waals surface area (Å²) in [6.07, 6.45) is 0. The Hall–Kier alpha value is -1.92. The molecule has 1 aromatic carbocycles. The topological polar surface area (TPSA) is 81.9 Å². The Bertz CT molecular complexity index is 432. The van der Waals surface area contributed by atoms with E-state index in [1.54, 1.807) is 4.90 Å². The summed E-state index contributed by atoms with van der Waals surface area (Å²) in [5.41, 5.74) is 6.89. The molecule has 6 nitrogen and oxygen atoms in total. The highest BCUT2D eigenvalue weighted by atomic mass is 16.5. The third kappa shape index (κ3) is 5.93. The van der Waals surface area contributed by atoms with Gasteiger partial charge in [-0.15, -0.1) is 0 Å². The molecule has 1 atom stereocenters. The lowest BCUT2D eigenvalue weighted by Gasteiger charge is -2.25. The Morgan fingerprint density at radius 3 is 2.05 bits per heavy atom. The number of hydrogen-bond donors (Lipinski definition) is 1. The molecule has 0 aliphatic heterocycles. The van der Waals surface area contributed by atoms with Crippen LogP contribution in [0.25, 0.3) is 0 Å². The maximum atomic E-state index is 11.5. The van der Waals surface area contributed by atoms with Crippen LogP contribution in [0.5, 0.6) is 0 Å². The van der Waals surface area contributed by atoms with Crippen molar-refractivity contribution in [1.82, 2.24) is 4.90 Å². The highest BCUT2D eigenvalue weighted by molar-refractivity contribution is 5.74. The highest BCUT2D eigenvalue weighted by Gasteiger charge is 2.20. The Labute approximate surface area is 124 Å². The summed E-state index contributed by atoms with van der Waals surface area (Å²) >= 11 is 0. The molecule has 0 aromatic heterocycles. The summed E-state index contributed by atoms with van der Waals surface area (Å²) < 4.78 is 9.31. The molecule has 0 radical (unpaired) electrons. The number of esters is 2. The lowest BCUT2D eigenvalue weighted by molar-refractivity contribution is -0.145. The average Bonchev–Trinajstić information content (AvgIpc) is 2.52. The van der Waals surface area contributed by atoms with E-state index in [4.69, 9.17) is 5.73 Å². The summed E-state index contributed by atoms with van der Waals surface area (Å²) in [5, 5.41) is 0. The molecule has 0 saturated carbocycles. The van der Waals surface area contributed by atoms with Gasteiger partial charge in [0, 0.05) is 19.0 Å². The SMILES string of the molecule is COC(=O)CN(CC(=O)OC)CC(CN)c1ccccc1. The average molecular weight is 294 g/mol. The zero-order chi connectivity index (χ0) is 15.7. The van der Waals surface area contributed by atoms with Crippen molar-refractivity contribution < 1.29 is 19.1 Å². The number of carbonyl (C=O) groups is 2. The van der Waals surface area contributed by atoms with E-state index in [-0.39, 0.29) is 19.0 Å². The molecule has 21 heavy (non-hydrogen) atoms. The van der Waals surface area contributed by atoms with Crippen LogP contribution < -0.4 is 5.73 Å². The zero-order valence-corrected chi connectivity index (χ0v) is 12.5. The molecular formula is C15H22N2O4. The van der Waals surface area contributed by atoms with Gasteiger partial charge in [-0.05, 0) is 5.56 Å². The summed E-state index contributed by atoms with van der Waals surface area (Å²) in [7, 11) is 2.63. The minimum atomic E-state index is -0.400. The van der Waals surface area contributed by atoms with E-state index in [0.29, 0.717) is 13.1 Å². The van der Waals surface area contributed by atoms with E-state index >= 15 is 0 Å². The largest absolute Gasteiger partial charge is 0.468 e. The van der Waals surface area contributed by atoms with Crippen LogP contribution in [-0.2, 0) is 19.1 Å². The molecule has 0 spiro atoms. The second-order valence-electron chi connectivity index (χ2n) is 4.67. The van der Waals surface area contributed by atoms with Gasteiger partial charge in [-0.1, -0.05) is 30.3 Å². The Morgan fingerprint density at radius 2 is 1.62 bits per heavy atom. The van der Waals surface area contributed by atoms with Gasteiger partial charge in [0.1, 0.15) is 0 Å². The Kier molecular flexibility index (Phi) is 7.42. The van der Waals surface area contributed by atoms with Crippen molar-refractivity contribution in [3.63, 3.8) is 0 Å². The molecule has 1 aromatic rings. The van der Waals surface area contributed by atoms with E-state index in [1.807, 2.05) is 30.3 Å². The van der Waals surface area contributed by atoms with Gasteiger partial charge in [0.15, 0.2) is 0 Å². The molecule has 0 saturated heterocycles. The monoisotopic (exact) mass is 294 g/mol. The van der Waals surface area contributed by atoms with Crippen molar-refractivity contribution in [3.8, 4) is 0 Å². The molecule has 0 aliphatic carbocycles. The van der Waals surface area contributed by atoms with Crippen molar-refractivity contribution in [2.45, 2.75) is 5.92 Å². The van der Waals surface area contributed by atoms with Crippen LogP contribution in [0.4, 0.5) is 0 Å². The van der Waals surface area contributed by atoms with Gasteiger partial charge >= 0.3 is 11.9 Å². The van der Waals surface area contributed by atoms with Gasteiger partial charge in [0.25, 0.3) is 0 Å². The standard InChI is InChI=1S/C15H22N2O4/c1-20-14(18)10-17(11-15(19)21-2)9-13(8-16)12-6-4-3-5-7-12/h3-7,13H,8-11,16H2,1-2H3. The van der Waals surface area contributed by atoms with Crippen LogP contribution in [0, 0.1) is 0 Å². The molecule has 0 bridgehead atoms. The molecular weight excluding hydrogens is 272 g/mol. The van der Waals surface area contributed by atoms with E-state index < -0.39 is 11.9 Å². The van der Waals surface area contributed by atoms with Crippen molar-refractivity contribution in [2.24, 2.45) is 5.73 Å². The second kappa shape index (κ2) is 9.10. The van der Waals surface area contributed by atoms with Crippen LogP contribution in [0.1, 0.15) is 11.5 Å². The lowest BCUT2D eigenvalue weighted by Crippen LogP contribution is -2.39. The summed E-state index contributed by atoms with van der Waals surface area (Å²) in [5.74, 6) is -0.772. The van der Waals surface area contributed by atoms with E-state index in [9.17, 15) is 9.59 Å². The normalized spacial score (nSPS) is 12.0. The van der Waals surface area contributed by atoms with Crippen LogP contribution in [-0.4, -0.2) is 57.2 Å². The molecule has 0 aliphatic rings. The first-order valence-electron chi connectivity index (χ1n) is 6.71. The lowest BCUT2D eigenvalue weighted by atomic mass is 9.98. The minimum absolute atomic E-state index is 0.0228. The number of ether oxygens (including phenoxy) is 2. The molecule has 1 unspecified atom stereocenters. The van der Waals surface area contributed by atoms with Crippen LogP contribution in [0.3, 0.4) is 0 Å². The molecule has 1 rings (SSSR count). The number of carbonyl (C=O) groups excluding carboxylic acids is 2. The third-order valence-electron chi connectivity index (χ3n) is 3.19. The first-order valence-corrected chi connectivity index (χ1v) is 6.71. The quantitative estimate of drug-likeness (QED) is 0.698. The van der Waals surface area contributed by atoms with Gasteiger partial charge in [-0.3, -0.25) is 14.5 Å². The summed E-state index contributed by atoms with van der Waals surface area (Å²) in [6.45, 7) is 0.942. The fraction of sp³-hybridized carbons (Fsp3) is 0.467. The number of hydrogen-bond acceptors (Lipinski definition) is 6. The summed E-state index contributed by atoms with van der Waals surface area (Å²) in [6, 6.07) is 9.75. The van der Waals surface area contributed by atoms with Crippen molar-refractivity contribution in [3.05, 3.63) is 35.9 Å². The van der Waals surface area contributed by atoms with Crippen molar-refractivity contribution in [1.29, 1.82) is 0 Å². The predicted molar refractivity (Wildman–Crippen MR) is 78.7 cm³/mol.